The molecule has 1 heterocycles. The number of amidine groups is 1. The van der Waals surface area contributed by atoms with Gasteiger partial charge in [-0.05, 0) is 24.2 Å². The molecule has 1 aromatic rings. The van der Waals surface area contributed by atoms with E-state index >= 15 is 0 Å². The average Bonchev–Trinajstić information content (AvgIpc) is 2.38. The molecule has 1 unspecified atom stereocenters. The number of amides is 2. The van der Waals surface area contributed by atoms with Crippen LogP contribution in [0.25, 0.3) is 0 Å². The van der Waals surface area contributed by atoms with Gasteiger partial charge in [0.2, 0.25) is 5.91 Å². The van der Waals surface area contributed by atoms with Crippen LogP contribution in [0.5, 0.6) is 0 Å². The second-order valence-electron chi connectivity index (χ2n) is 4.15. The number of hydrogen-bond donors (Lipinski definition) is 2. The lowest BCUT2D eigenvalue weighted by molar-refractivity contribution is -0.129. The molecule has 0 saturated carbocycles. The van der Waals surface area contributed by atoms with Crippen molar-refractivity contribution < 1.29 is 14.0 Å². The molecule has 0 radical (unpaired) electrons. The largest absolute Gasteiger partial charge is 0.312 e. The van der Waals surface area contributed by atoms with Crippen LogP contribution in [-0.4, -0.2) is 30.7 Å². The maximum atomic E-state index is 12.8. The highest BCUT2D eigenvalue weighted by molar-refractivity contribution is 6.19. The van der Waals surface area contributed by atoms with Gasteiger partial charge in [0.15, 0.2) is 0 Å². The van der Waals surface area contributed by atoms with Crippen molar-refractivity contribution in [3.05, 3.63) is 35.6 Å². The summed E-state index contributed by atoms with van der Waals surface area (Å²) < 4.78 is 12.8. The van der Waals surface area contributed by atoms with E-state index in [9.17, 15) is 14.0 Å². The molecule has 0 spiro atoms. The fraction of sp³-hybridized carbons (Fsp3) is 0.308. The molecule has 0 fully saturated rings. The highest BCUT2D eigenvalue weighted by Gasteiger charge is 2.33. The smallest absolute Gasteiger partial charge is 0.264 e. The van der Waals surface area contributed by atoms with Gasteiger partial charge in [-0.25, -0.2) is 4.39 Å². The first-order valence-corrected chi connectivity index (χ1v) is 6.00. The zero-order chi connectivity index (χ0) is 13.8. The lowest BCUT2D eigenvalue weighted by Gasteiger charge is -2.20. The molecule has 5 nitrogen and oxygen atoms in total. The summed E-state index contributed by atoms with van der Waals surface area (Å²) in [7, 11) is 0. The zero-order valence-electron chi connectivity index (χ0n) is 10.4. The quantitative estimate of drug-likeness (QED) is 0.780. The van der Waals surface area contributed by atoms with E-state index in [1.165, 1.54) is 24.3 Å². The Morgan fingerprint density at radius 2 is 2.00 bits per heavy atom. The van der Waals surface area contributed by atoms with E-state index in [4.69, 9.17) is 0 Å². The summed E-state index contributed by atoms with van der Waals surface area (Å²) in [5.41, 5.74) is 0.440. The van der Waals surface area contributed by atoms with E-state index in [-0.39, 0.29) is 0 Å². The molecule has 2 rings (SSSR count). The van der Waals surface area contributed by atoms with Crippen molar-refractivity contribution in [2.45, 2.75) is 12.8 Å². The third-order valence-corrected chi connectivity index (χ3v) is 2.77. The van der Waals surface area contributed by atoms with Gasteiger partial charge in [0.1, 0.15) is 17.6 Å². The van der Waals surface area contributed by atoms with Crippen LogP contribution in [0.4, 0.5) is 4.39 Å². The number of rotatable bonds is 4. The Morgan fingerprint density at radius 3 is 2.58 bits per heavy atom. The second-order valence-corrected chi connectivity index (χ2v) is 4.15. The highest BCUT2D eigenvalue weighted by atomic mass is 19.1. The number of likely N-dealkylation sites (N-methyl/N-ethyl adjacent to an activating group) is 1. The van der Waals surface area contributed by atoms with Crippen molar-refractivity contribution in [3.8, 4) is 0 Å². The molecule has 0 bridgehead atoms. The fourth-order valence-corrected chi connectivity index (χ4v) is 1.83. The number of halogens is 1. The molecule has 2 N–H and O–H groups in total. The van der Waals surface area contributed by atoms with Gasteiger partial charge in [-0.15, -0.1) is 0 Å². The minimum Gasteiger partial charge on any atom is -0.312 e. The number of hydrogen-bond acceptors (Lipinski definition) is 3. The summed E-state index contributed by atoms with van der Waals surface area (Å²) in [4.78, 5) is 27.7. The Bertz CT molecular complexity index is 525. The molecule has 2 amide bonds. The van der Waals surface area contributed by atoms with Gasteiger partial charge in [0, 0.05) is 0 Å². The van der Waals surface area contributed by atoms with Crippen LogP contribution in [0.2, 0.25) is 0 Å². The molecule has 0 aromatic heterocycles. The Kier molecular flexibility index (Phi) is 4.01. The van der Waals surface area contributed by atoms with Gasteiger partial charge in [-0.3, -0.25) is 9.59 Å². The van der Waals surface area contributed by atoms with Crippen LogP contribution >= 0.6 is 0 Å². The van der Waals surface area contributed by atoms with Crippen LogP contribution in [0, 0.1) is 5.82 Å². The Labute approximate surface area is 109 Å². The first-order valence-electron chi connectivity index (χ1n) is 6.00. The standard InChI is InChI=1S/C13H14FN3O2/c1-2-15-7-10-16-12(18)11(13(19)17-10)8-3-5-9(14)6-4-8/h3-6,11,15H,2,7H2,1H3,(H,16,17,18,19). The third-order valence-electron chi connectivity index (χ3n) is 2.77. The molecule has 0 saturated heterocycles. The van der Waals surface area contributed by atoms with Crippen LogP contribution in [0.1, 0.15) is 18.4 Å². The lowest BCUT2D eigenvalue weighted by atomic mass is 9.96. The highest BCUT2D eigenvalue weighted by Crippen LogP contribution is 2.20. The molecule has 19 heavy (non-hydrogen) atoms. The average molecular weight is 263 g/mol. The number of benzene rings is 1. The fourth-order valence-electron chi connectivity index (χ4n) is 1.83. The minimum absolute atomic E-state index is 0.315. The summed E-state index contributed by atoms with van der Waals surface area (Å²) in [5.74, 6) is -2.05. The summed E-state index contributed by atoms with van der Waals surface area (Å²) in [6.07, 6.45) is 0. The number of aliphatic imine (C=N–C) groups is 1. The van der Waals surface area contributed by atoms with E-state index in [2.05, 4.69) is 15.6 Å². The van der Waals surface area contributed by atoms with Crippen LogP contribution in [0.15, 0.2) is 29.3 Å². The monoisotopic (exact) mass is 263 g/mol. The van der Waals surface area contributed by atoms with Gasteiger partial charge >= 0.3 is 0 Å². The molecule has 1 atom stereocenters. The Morgan fingerprint density at radius 1 is 1.32 bits per heavy atom. The van der Waals surface area contributed by atoms with Gasteiger partial charge in [-0.2, -0.15) is 4.99 Å². The Balaban J connectivity index is 2.20. The summed E-state index contributed by atoms with van der Waals surface area (Å²) in [5, 5.41) is 5.55. The van der Waals surface area contributed by atoms with E-state index in [0.29, 0.717) is 24.5 Å². The predicted octanol–water partition coefficient (Wildman–Crippen LogP) is 0.574. The van der Waals surface area contributed by atoms with E-state index in [1.54, 1.807) is 0 Å². The molecule has 6 heteroatoms. The third kappa shape index (κ3) is 3.03. The summed E-state index contributed by atoms with van der Waals surface area (Å²) in [6, 6.07) is 5.27. The lowest BCUT2D eigenvalue weighted by Crippen LogP contribution is -2.46. The zero-order valence-corrected chi connectivity index (χ0v) is 10.4. The second kappa shape index (κ2) is 5.71. The number of carbonyl (C=O) groups excluding carboxylic acids is 2. The maximum Gasteiger partial charge on any atom is 0.264 e. The number of nitrogens with zero attached hydrogens (tertiary/aromatic N) is 1. The van der Waals surface area contributed by atoms with Crippen LogP contribution in [0.3, 0.4) is 0 Å². The van der Waals surface area contributed by atoms with Gasteiger partial charge in [-0.1, -0.05) is 19.1 Å². The SMILES string of the molecule is CCNCC1=NC(=O)C(c2ccc(F)cc2)C(=O)N1. The maximum absolute atomic E-state index is 12.8. The topological polar surface area (TPSA) is 70.6 Å². The molecular formula is C13H14FN3O2. The van der Waals surface area contributed by atoms with E-state index < -0.39 is 23.5 Å². The normalized spacial score (nSPS) is 19.1. The van der Waals surface area contributed by atoms with Crippen molar-refractivity contribution in [1.82, 2.24) is 10.6 Å². The first-order chi connectivity index (χ1) is 9.11. The van der Waals surface area contributed by atoms with E-state index in [1.807, 2.05) is 6.92 Å². The van der Waals surface area contributed by atoms with Crippen molar-refractivity contribution >= 4 is 17.6 Å². The first kappa shape index (κ1) is 13.4. The predicted molar refractivity (Wildman–Crippen MR) is 68.3 cm³/mol. The number of carbonyl (C=O) groups is 2. The molecule has 1 aliphatic rings. The van der Waals surface area contributed by atoms with Crippen molar-refractivity contribution in [2.75, 3.05) is 13.1 Å². The minimum atomic E-state index is -0.994. The van der Waals surface area contributed by atoms with Gasteiger partial charge in [0.25, 0.3) is 5.91 Å². The van der Waals surface area contributed by atoms with Gasteiger partial charge in [0.05, 0.1) is 6.54 Å². The molecule has 1 aliphatic heterocycles. The van der Waals surface area contributed by atoms with Gasteiger partial charge < -0.3 is 10.6 Å². The van der Waals surface area contributed by atoms with E-state index in [0.717, 1.165) is 0 Å². The van der Waals surface area contributed by atoms with Crippen LogP contribution < -0.4 is 10.6 Å². The van der Waals surface area contributed by atoms with Crippen molar-refractivity contribution in [1.29, 1.82) is 0 Å². The number of nitrogens with one attached hydrogen (secondary N) is 2. The Hall–Kier alpha value is -2.08. The van der Waals surface area contributed by atoms with Crippen molar-refractivity contribution in [2.24, 2.45) is 4.99 Å². The molecular weight excluding hydrogens is 249 g/mol. The summed E-state index contributed by atoms with van der Waals surface area (Å²) in [6.45, 7) is 2.96. The summed E-state index contributed by atoms with van der Waals surface area (Å²) >= 11 is 0. The van der Waals surface area contributed by atoms with Crippen molar-refractivity contribution in [3.63, 3.8) is 0 Å². The molecule has 1 aromatic carbocycles. The molecule has 0 aliphatic carbocycles. The molecule has 100 valence electrons. The van der Waals surface area contributed by atoms with Crippen LogP contribution in [-0.2, 0) is 9.59 Å².